The van der Waals surface area contributed by atoms with Crippen molar-refractivity contribution in [3.63, 3.8) is 0 Å². The van der Waals surface area contributed by atoms with Crippen molar-refractivity contribution in [1.29, 1.82) is 10.5 Å². The van der Waals surface area contributed by atoms with Gasteiger partial charge in [0.25, 0.3) is 0 Å². The standard InChI is InChI=1S/C12H25N3Si2/c1-15(16(2)11-7-5-9-13)17(3,4)12-8-6-10-14/h16H,5-8,11-12H2,1-4H3. The van der Waals surface area contributed by atoms with Gasteiger partial charge in [-0.2, -0.15) is 10.5 Å². The van der Waals surface area contributed by atoms with Gasteiger partial charge < -0.3 is 4.23 Å². The van der Waals surface area contributed by atoms with Crippen LogP contribution in [0.5, 0.6) is 0 Å². The quantitative estimate of drug-likeness (QED) is 0.501. The molecule has 0 rings (SSSR count). The number of nitrogens with zero attached hydrogens (tertiary/aromatic N) is 3. The van der Waals surface area contributed by atoms with Crippen LogP contribution in [0.3, 0.4) is 0 Å². The van der Waals surface area contributed by atoms with E-state index >= 15 is 0 Å². The Morgan fingerprint density at radius 1 is 1.12 bits per heavy atom. The second-order valence-electron chi connectivity index (χ2n) is 5.33. The summed E-state index contributed by atoms with van der Waals surface area (Å²) in [5.74, 6) is 0. The van der Waals surface area contributed by atoms with Crippen LogP contribution in [-0.4, -0.2) is 28.5 Å². The Bertz CT molecular complexity index is 291. The van der Waals surface area contributed by atoms with Gasteiger partial charge in [-0.15, -0.1) is 0 Å². The largest absolute Gasteiger partial charge is 0.351 e. The van der Waals surface area contributed by atoms with E-state index in [-0.39, 0.29) is 0 Å². The van der Waals surface area contributed by atoms with Crippen molar-refractivity contribution in [2.24, 2.45) is 0 Å². The summed E-state index contributed by atoms with van der Waals surface area (Å²) in [7, 11) is 0.116. The van der Waals surface area contributed by atoms with Crippen molar-refractivity contribution < 1.29 is 0 Å². The first-order valence-electron chi connectivity index (χ1n) is 6.42. The van der Waals surface area contributed by atoms with Crippen molar-refractivity contribution in [3.05, 3.63) is 0 Å². The predicted molar refractivity (Wildman–Crippen MR) is 77.6 cm³/mol. The van der Waals surface area contributed by atoms with Gasteiger partial charge in [-0.25, -0.2) is 0 Å². The van der Waals surface area contributed by atoms with Crippen molar-refractivity contribution in [1.82, 2.24) is 4.23 Å². The molecule has 0 aliphatic heterocycles. The lowest BCUT2D eigenvalue weighted by Gasteiger charge is -2.38. The third-order valence-electron chi connectivity index (χ3n) is 3.60. The fourth-order valence-corrected chi connectivity index (χ4v) is 10.2. The summed E-state index contributed by atoms with van der Waals surface area (Å²) < 4.78 is 2.65. The minimum atomic E-state index is -1.31. The Kier molecular flexibility index (Phi) is 8.15. The average molecular weight is 268 g/mol. The van der Waals surface area contributed by atoms with E-state index in [0.717, 1.165) is 12.8 Å². The van der Waals surface area contributed by atoms with Crippen LogP contribution >= 0.6 is 0 Å². The van der Waals surface area contributed by atoms with Gasteiger partial charge in [0.05, 0.1) is 12.1 Å². The number of hydrogen-bond donors (Lipinski definition) is 0. The van der Waals surface area contributed by atoms with Gasteiger partial charge in [-0.1, -0.05) is 19.6 Å². The van der Waals surface area contributed by atoms with Crippen molar-refractivity contribution >= 4 is 17.2 Å². The SMILES string of the molecule is CN([SiH](C)CCCC#N)[Si](C)(C)CCCC#N. The lowest BCUT2D eigenvalue weighted by molar-refractivity contribution is 0.732. The zero-order valence-electron chi connectivity index (χ0n) is 11.7. The summed E-state index contributed by atoms with van der Waals surface area (Å²) >= 11 is 0. The molecule has 0 aliphatic carbocycles. The number of unbranched alkanes of at least 4 members (excludes halogenated alkanes) is 2. The number of nitriles is 2. The molecule has 0 aromatic rings. The van der Waals surface area contributed by atoms with Crippen LogP contribution in [0.1, 0.15) is 25.7 Å². The van der Waals surface area contributed by atoms with Crippen molar-refractivity contribution in [3.8, 4) is 12.1 Å². The van der Waals surface area contributed by atoms with E-state index in [4.69, 9.17) is 10.5 Å². The van der Waals surface area contributed by atoms with Crippen LogP contribution in [0.2, 0.25) is 31.7 Å². The summed E-state index contributed by atoms with van der Waals surface area (Å²) in [5.41, 5.74) is 0. The molecule has 0 spiro atoms. The summed E-state index contributed by atoms with van der Waals surface area (Å²) in [4.78, 5) is 0. The molecule has 5 heteroatoms. The fraction of sp³-hybridized carbons (Fsp3) is 0.833. The molecule has 0 heterocycles. The summed E-state index contributed by atoms with van der Waals surface area (Å²) in [5, 5.41) is 17.1. The highest BCUT2D eigenvalue weighted by Crippen LogP contribution is 2.20. The molecule has 0 saturated heterocycles. The molecule has 0 fully saturated rings. The molecule has 3 nitrogen and oxygen atoms in total. The Morgan fingerprint density at radius 3 is 2.18 bits per heavy atom. The molecule has 1 unspecified atom stereocenters. The summed E-state index contributed by atoms with van der Waals surface area (Å²) in [6.07, 6.45) is 3.48. The topological polar surface area (TPSA) is 50.8 Å². The summed E-state index contributed by atoms with van der Waals surface area (Å²) in [6, 6.07) is 6.90. The minimum Gasteiger partial charge on any atom is -0.351 e. The van der Waals surface area contributed by atoms with Crippen LogP contribution in [0.15, 0.2) is 0 Å². The number of rotatable bonds is 8. The second kappa shape index (κ2) is 8.46. The van der Waals surface area contributed by atoms with Crippen molar-refractivity contribution in [2.45, 2.75) is 57.4 Å². The normalized spacial score (nSPS) is 13.1. The van der Waals surface area contributed by atoms with E-state index in [9.17, 15) is 0 Å². The second-order valence-corrected chi connectivity index (χ2v) is 13.7. The molecule has 0 bridgehead atoms. The number of hydrogen-bond acceptors (Lipinski definition) is 3. The Balaban J connectivity index is 4.12. The Morgan fingerprint density at radius 2 is 1.65 bits per heavy atom. The minimum absolute atomic E-state index is 0.689. The molecule has 0 amide bonds. The molecular weight excluding hydrogens is 242 g/mol. The molecule has 0 aliphatic rings. The average Bonchev–Trinajstić information content (AvgIpc) is 2.28. The van der Waals surface area contributed by atoms with E-state index in [1.807, 2.05) is 0 Å². The first kappa shape index (κ1) is 16.4. The molecule has 0 aromatic heterocycles. The monoisotopic (exact) mass is 267 g/mol. The van der Waals surface area contributed by atoms with Crippen LogP contribution < -0.4 is 0 Å². The molecule has 0 N–H and O–H groups in total. The van der Waals surface area contributed by atoms with Crippen LogP contribution in [0.25, 0.3) is 0 Å². The van der Waals surface area contributed by atoms with Gasteiger partial charge in [-0.3, -0.25) is 0 Å². The highest BCUT2D eigenvalue weighted by atomic mass is 28.4. The van der Waals surface area contributed by atoms with E-state index in [2.05, 4.69) is 43.1 Å². The molecule has 0 radical (unpaired) electrons. The molecule has 0 saturated carbocycles. The zero-order chi connectivity index (χ0) is 13.3. The van der Waals surface area contributed by atoms with E-state index < -0.39 is 17.2 Å². The molecule has 96 valence electrons. The maximum Gasteiger partial charge on any atom is 0.115 e. The third-order valence-corrected chi connectivity index (χ3v) is 13.1. The van der Waals surface area contributed by atoms with Crippen molar-refractivity contribution in [2.75, 3.05) is 7.05 Å². The maximum absolute atomic E-state index is 8.58. The molecule has 0 aromatic carbocycles. The zero-order valence-corrected chi connectivity index (χ0v) is 13.8. The van der Waals surface area contributed by atoms with Crippen LogP contribution in [0, 0.1) is 22.7 Å². The Hall–Kier alpha value is -0.626. The third kappa shape index (κ3) is 6.62. The highest BCUT2D eigenvalue weighted by molar-refractivity contribution is 6.83. The fourth-order valence-electron chi connectivity index (χ4n) is 2.04. The lowest BCUT2D eigenvalue weighted by atomic mass is 10.4. The van der Waals surface area contributed by atoms with Gasteiger partial charge in [0.2, 0.25) is 0 Å². The van der Waals surface area contributed by atoms with Crippen LogP contribution in [0.4, 0.5) is 0 Å². The van der Waals surface area contributed by atoms with E-state index in [1.165, 1.54) is 12.1 Å². The van der Waals surface area contributed by atoms with Gasteiger partial charge in [0.1, 0.15) is 17.2 Å². The highest BCUT2D eigenvalue weighted by Gasteiger charge is 2.29. The first-order chi connectivity index (χ1) is 7.95. The van der Waals surface area contributed by atoms with Crippen LogP contribution in [-0.2, 0) is 0 Å². The first-order valence-corrected chi connectivity index (χ1v) is 12.1. The van der Waals surface area contributed by atoms with Gasteiger partial charge in [0, 0.05) is 12.8 Å². The maximum atomic E-state index is 8.58. The van der Waals surface area contributed by atoms with Gasteiger partial charge in [-0.05, 0) is 32.0 Å². The summed E-state index contributed by atoms with van der Waals surface area (Å²) in [6.45, 7) is 7.19. The molecular formula is C12H25N3Si2. The lowest BCUT2D eigenvalue weighted by Crippen LogP contribution is -2.52. The van der Waals surface area contributed by atoms with E-state index in [1.54, 1.807) is 0 Å². The molecule has 17 heavy (non-hydrogen) atoms. The Labute approximate surface area is 109 Å². The smallest absolute Gasteiger partial charge is 0.115 e. The van der Waals surface area contributed by atoms with Gasteiger partial charge in [0.15, 0.2) is 0 Å². The van der Waals surface area contributed by atoms with Gasteiger partial charge >= 0.3 is 0 Å². The van der Waals surface area contributed by atoms with E-state index in [0.29, 0.717) is 12.8 Å². The molecule has 1 atom stereocenters. The predicted octanol–water partition coefficient (Wildman–Crippen LogP) is 3.08.